The van der Waals surface area contributed by atoms with Crippen molar-refractivity contribution in [2.24, 2.45) is 5.41 Å². The van der Waals surface area contributed by atoms with E-state index in [0.717, 1.165) is 49.9 Å². The lowest BCUT2D eigenvalue weighted by Crippen LogP contribution is -2.57. The second kappa shape index (κ2) is 7.07. The third-order valence-electron chi connectivity index (χ3n) is 6.57. The van der Waals surface area contributed by atoms with Crippen molar-refractivity contribution < 1.29 is 8.42 Å². The maximum atomic E-state index is 11.7. The summed E-state index contributed by atoms with van der Waals surface area (Å²) in [6, 6.07) is 6.47. The molecule has 4 heterocycles. The molecule has 0 saturated carbocycles. The van der Waals surface area contributed by atoms with E-state index < -0.39 is 10.0 Å². The Hall–Kier alpha value is -1.97. The van der Waals surface area contributed by atoms with Crippen molar-refractivity contribution in [3.63, 3.8) is 0 Å². The van der Waals surface area contributed by atoms with E-state index in [2.05, 4.69) is 38.7 Å². The van der Waals surface area contributed by atoms with Crippen LogP contribution in [0.5, 0.6) is 0 Å². The van der Waals surface area contributed by atoms with Crippen molar-refractivity contribution in [2.75, 3.05) is 55.7 Å². The van der Waals surface area contributed by atoms with Gasteiger partial charge < -0.3 is 15.5 Å². The summed E-state index contributed by atoms with van der Waals surface area (Å²) in [5.74, 6) is 0.625. The molecule has 0 atom stereocenters. The first-order valence-electron chi connectivity index (χ1n) is 10.4. The van der Waals surface area contributed by atoms with E-state index in [1.807, 2.05) is 6.20 Å². The summed E-state index contributed by atoms with van der Waals surface area (Å²) in [6.07, 6.45) is 5.93. The first-order chi connectivity index (χ1) is 13.9. The van der Waals surface area contributed by atoms with Gasteiger partial charge in [0, 0.05) is 55.8 Å². The molecule has 0 amide bonds. The normalized spacial score (nSPS) is 22.9. The Kier molecular flexibility index (Phi) is 4.64. The molecular weight excluding hydrogens is 388 g/mol. The van der Waals surface area contributed by atoms with Gasteiger partial charge in [-0.25, -0.2) is 22.7 Å². The van der Waals surface area contributed by atoms with E-state index in [1.165, 1.54) is 18.4 Å². The Morgan fingerprint density at radius 1 is 1.24 bits per heavy atom. The highest BCUT2D eigenvalue weighted by Gasteiger charge is 2.45. The quantitative estimate of drug-likeness (QED) is 0.776. The van der Waals surface area contributed by atoms with Crippen LogP contribution < -0.4 is 15.5 Å². The molecule has 8 nitrogen and oxygen atoms in total. The van der Waals surface area contributed by atoms with Crippen LogP contribution in [0.2, 0.25) is 0 Å². The largest absolute Gasteiger partial charge is 0.368 e. The number of nitrogens with zero attached hydrogens (tertiary/aromatic N) is 4. The van der Waals surface area contributed by atoms with Gasteiger partial charge in [0.05, 0.1) is 17.5 Å². The summed E-state index contributed by atoms with van der Waals surface area (Å²) < 4.78 is 24.9. The van der Waals surface area contributed by atoms with Crippen molar-refractivity contribution in [1.29, 1.82) is 0 Å². The highest BCUT2D eigenvalue weighted by molar-refractivity contribution is 7.88. The molecule has 5 rings (SSSR count). The molecule has 29 heavy (non-hydrogen) atoms. The van der Waals surface area contributed by atoms with Crippen LogP contribution in [0.3, 0.4) is 0 Å². The molecule has 0 aliphatic carbocycles. The third kappa shape index (κ3) is 3.67. The van der Waals surface area contributed by atoms with Gasteiger partial charge in [-0.15, -0.1) is 0 Å². The Labute approximate surface area is 171 Å². The number of anilines is 2. The van der Waals surface area contributed by atoms with Crippen LogP contribution in [0, 0.1) is 5.41 Å². The fourth-order valence-electron chi connectivity index (χ4n) is 4.88. The van der Waals surface area contributed by atoms with Crippen LogP contribution in [0.4, 0.5) is 11.6 Å². The number of hydrogen-bond donors (Lipinski definition) is 2. The molecule has 2 N–H and O–H groups in total. The van der Waals surface area contributed by atoms with Gasteiger partial charge in [-0.1, -0.05) is 12.1 Å². The monoisotopic (exact) mass is 416 g/mol. The van der Waals surface area contributed by atoms with Gasteiger partial charge in [0.25, 0.3) is 0 Å². The molecule has 3 saturated heterocycles. The predicted molar refractivity (Wildman–Crippen MR) is 115 cm³/mol. The first-order valence-corrected chi connectivity index (χ1v) is 12.2. The summed E-state index contributed by atoms with van der Waals surface area (Å²) in [4.78, 5) is 11.8. The Morgan fingerprint density at radius 2 is 2.03 bits per heavy atom. The molecule has 1 spiro atoms. The van der Waals surface area contributed by atoms with Gasteiger partial charge in [0.1, 0.15) is 0 Å². The molecule has 1 aromatic carbocycles. The summed E-state index contributed by atoms with van der Waals surface area (Å²) in [5.41, 5.74) is 2.60. The summed E-state index contributed by atoms with van der Waals surface area (Å²) >= 11 is 0. The minimum Gasteiger partial charge on any atom is -0.368 e. The zero-order chi connectivity index (χ0) is 20.1. The molecule has 1 aromatic heterocycles. The maximum absolute atomic E-state index is 11.7. The number of hydrogen-bond acceptors (Lipinski definition) is 7. The number of rotatable bonds is 4. The number of piperidine rings is 1. The Balaban J connectivity index is 1.31. The molecule has 156 valence electrons. The molecule has 2 aromatic rings. The molecule has 0 unspecified atom stereocenters. The minimum atomic E-state index is -3.11. The highest BCUT2D eigenvalue weighted by atomic mass is 32.2. The Bertz CT molecular complexity index is 1000. The van der Waals surface area contributed by atoms with Gasteiger partial charge >= 0.3 is 0 Å². The zero-order valence-corrected chi connectivity index (χ0v) is 17.6. The molecule has 3 fully saturated rings. The predicted octanol–water partition coefficient (Wildman–Crippen LogP) is 1.27. The number of aromatic nitrogens is 2. The highest BCUT2D eigenvalue weighted by Crippen LogP contribution is 2.40. The molecule has 3 aliphatic heterocycles. The van der Waals surface area contributed by atoms with Crippen molar-refractivity contribution >= 4 is 32.6 Å². The first kappa shape index (κ1) is 19.0. The molecule has 9 heteroatoms. The standard InChI is InChI=1S/C20H28N6O2S/c1-29(27,28)26-9-5-16(6-10-26)23-19-22-11-15-3-2-4-17(18(15)24-19)25-13-20(14-25)7-8-21-12-20/h2-4,11,16,21H,5-10,12-14H2,1H3,(H,22,23,24). The van der Waals surface area contributed by atoms with Crippen LogP contribution in [0.15, 0.2) is 24.4 Å². The second-order valence-corrected chi connectivity index (χ2v) is 10.8. The van der Waals surface area contributed by atoms with Crippen molar-refractivity contribution in [3.8, 4) is 0 Å². The van der Waals surface area contributed by atoms with Crippen molar-refractivity contribution in [2.45, 2.75) is 25.3 Å². The van der Waals surface area contributed by atoms with Crippen LogP contribution in [-0.2, 0) is 10.0 Å². The molecular formula is C20H28N6O2S. The van der Waals surface area contributed by atoms with E-state index >= 15 is 0 Å². The van der Waals surface area contributed by atoms with Gasteiger partial charge in [-0.2, -0.15) is 0 Å². The molecule has 0 radical (unpaired) electrons. The number of para-hydroxylation sites is 1. The van der Waals surface area contributed by atoms with Gasteiger partial charge in [-0.05, 0) is 31.9 Å². The average molecular weight is 417 g/mol. The molecule has 0 bridgehead atoms. The van der Waals surface area contributed by atoms with Gasteiger partial charge in [-0.3, -0.25) is 0 Å². The van der Waals surface area contributed by atoms with E-state index in [1.54, 1.807) is 4.31 Å². The van der Waals surface area contributed by atoms with Crippen molar-refractivity contribution in [3.05, 3.63) is 24.4 Å². The van der Waals surface area contributed by atoms with E-state index in [9.17, 15) is 8.42 Å². The van der Waals surface area contributed by atoms with E-state index in [0.29, 0.717) is 24.5 Å². The molecule has 3 aliphatic rings. The number of benzene rings is 1. The van der Waals surface area contributed by atoms with Crippen LogP contribution in [0.1, 0.15) is 19.3 Å². The Morgan fingerprint density at radius 3 is 2.72 bits per heavy atom. The van der Waals surface area contributed by atoms with Crippen LogP contribution in [0.25, 0.3) is 10.9 Å². The fraction of sp³-hybridized carbons (Fsp3) is 0.600. The van der Waals surface area contributed by atoms with E-state index in [4.69, 9.17) is 4.98 Å². The smallest absolute Gasteiger partial charge is 0.223 e. The van der Waals surface area contributed by atoms with Crippen LogP contribution in [-0.4, -0.2) is 74.3 Å². The summed E-state index contributed by atoms with van der Waals surface area (Å²) in [5, 5.41) is 7.96. The summed E-state index contributed by atoms with van der Waals surface area (Å²) in [7, 11) is -3.11. The topological polar surface area (TPSA) is 90.5 Å². The van der Waals surface area contributed by atoms with Gasteiger partial charge in [0.15, 0.2) is 0 Å². The fourth-order valence-corrected chi connectivity index (χ4v) is 5.75. The SMILES string of the molecule is CS(=O)(=O)N1CCC(Nc2ncc3cccc(N4CC5(CCNC5)C4)c3n2)CC1. The number of nitrogens with one attached hydrogen (secondary N) is 2. The minimum absolute atomic E-state index is 0.189. The van der Waals surface area contributed by atoms with E-state index in [-0.39, 0.29) is 6.04 Å². The van der Waals surface area contributed by atoms with Crippen LogP contribution >= 0.6 is 0 Å². The average Bonchev–Trinajstić information content (AvgIpc) is 3.16. The lowest BCUT2D eigenvalue weighted by atomic mass is 9.78. The zero-order valence-electron chi connectivity index (χ0n) is 16.8. The maximum Gasteiger partial charge on any atom is 0.223 e. The number of sulfonamides is 1. The third-order valence-corrected chi connectivity index (χ3v) is 7.87. The lowest BCUT2D eigenvalue weighted by Gasteiger charge is -2.49. The number of fused-ring (bicyclic) bond motifs is 1. The van der Waals surface area contributed by atoms with Gasteiger partial charge in [0.2, 0.25) is 16.0 Å². The lowest BCUT2D eigenvalue weighted by molar-refractivity contribution is 0.244. The second-order valence-electron chi connectivity index (χ2n) is 8.77. The van der Waals surface area contributed by atoms with Crippen molar-refractivity contribution in [1.82, 2.24) is 19.6 Å². The summed E-state index contributed by atoms with van der Waals surface area (Å²) in [6.45, 7) is 5.48.